The van der Waals surface area contributed by atoms with E-state index in [4.69, 9.17) is 10.5 Å². The summed E-state index contributed by atoms with van der Waals surface area (Å²) in [5.41, 5.74) is 7.17. The first-order valence-corrected chi connectivity index (χ1v) is 9.54. The molecular weight excluding hydrogens is 334 g/mol. The predicted octanol–water partition coefficient (Wildman–Crippen LogP) is 1.81. The monoisotopic (exact) mass is 359 g/mol. The first kappa shape index (κ1) is 18.1. The molecule has 1 amide bonds. The molecule has 2 atom stereocenters. The summed E-state index contributed by atoms with van der Waals surface area (Å²) in [6.07, 6.45) is 0.550. The Labute approximate surface area is 152 Å². The summed E-state index contributed by atoms with van der Waals surface area (Å²) in [7, 11) is 0. The van der Waals surface area contributed by atoms with Crippen molar-refractivity contribution in [3.05, 3.63) is 58.3 Å². The van der Waals surface area contributed by atoms with Gasteiger partial charge in [0.2, 0.25) is 5.91 Å². The van der Waals surface area contributed by atoms with Gasteiger partial charge in [-0.2, -0.15) is 0 Å². The number of thiophene rings is 1. The number of amides is 1. The third kappa shape index (κ3) is 5.12. The average Bonchev–Trinajstić information content (AvgIpc) is 3.18. The van der Waals surface area contributed by atoms with Gasteiger partial charge in [-0.25, -0.2) is 0 Å². The Morgan fingerprint density at radius 1 is 1.20 bits per heavy atom. The third-order valence-electron chi connectivity index (χ3n) is 4.46. The van der Waals surface area contributed by atoms with Crippen molar-refractivity contribution in [1.29, 1.82) is 0 Å². The van der Waals surface area contributed by atoms with Crippen LogP contribution in [0.2, 0.25) is 0 Å². The summed E-state index contributed by atoms with van der Waals surface area (Å²) in [6, 6.07) is 13.7. The van der Waals surface area contributed by atoms with Crippen LogP contribution in [0.4, 0.5) is 0 Å². The van der Waals surface area contributed by atoms with E-state index in [1.807, 2.05) is 30.3 Å². The second-order valence-corrected chi connectivity index (χ2v) is 7.20. The quantitative estimate of drug-likeness (QED) is 0.791. The first-order valence-electron chi connectivity index (χ1n) is 8.66. The minimum Gasteiger partial charge on any atom is -0.379 e. The minimum absolute atomic E-state index is 0.0985. The SMILES string of the molecule is N[C@@H](Cc1ccccc1)C(=O)NCC(c1cccs1)N1CCOCC1. The van der Waals surface area contributed by atoms with Crippen molar-refractivity contribution < 1.29 is 9.53 Å². The molecule has 1 fully saturated rings. The molecular formula is C19H25N3O2S. The van der Waals surface area contributed by atoms with Crippen molar-refractivity contribution in [2.45, 2.75) is 18.5 Å². The molecule has 5 nitrogen and oxygen atoms in total. The maximum atomic E-state index is 12.4. The van der Waals surface area contributed by atoms with Gasteiger partial charge in [0.1, 0.15) is 0 Å². The van der Waals surface area contributed by atoms with Crippen LogP contribution >= 0.6 is 11.3 Å². The first-order chi connectivity index (χ1) is 12.2. The van der Waals surface area contributed by atoms with Gasteiger partial charge in [0, 0.05) is 24.5 Å². The molecule has 134 valence electrons. The standard InChI is InChI=1S/C19H25N3O2S/c20-16(13-15-5-2-1-3-6-15)19(23)21-14-17(18-7-4-12-25-18)22-8-10-24-11-9-22/h1-7,12,16-17H,8-11,13-14,20H2,(H,21,23)/t16-,17?/m0/s1. The summed E-state index contributed by atoms with van der Waals surface area (Å²) >= 11 is 1.72. The highest BCUT2D eigenvalue weighted by Gasteiger charge is 2.25. The molecule has 0 bridgehead atoms. The van der Waals surface area contributed by atoms with E-state index in [1.54, 1.807) is 11.3 Å². The van der Waals surface area contributed by atoms with Crippen LogP contribution in [0.5, 0.6) is 0 Å². The molecule has 3 N–H and O–H groups in total. The van der Waals surface area contributed by atoms with Crippen LogP contribution in [-0.2, 0) is 16.0 Å². The molecule has 1 aromatic carbocycles. The lowest BCUT2D eigenvalue weighted by atomic mass is 10.1. The van der Waals surface area contributed by atoms with E-state index >= 15 is 0 Å². The number of nitrogens with one attached hydrogen (secondary N) is 1. The molecule has 3 rings (SSSR count). The highest BCUT2D eigenvalue weighted by atomic mass is 32.1. The number of carbonyl (C=O) groups is 1. The summed E-state index contributed by atoms with van der Waals surface area (Å²) in [4.78, 5) is 16.1. The Morgan fingerprint density at radius 2 is 1.96 bits per heavy atom. The van der Waals surface area contributed by atoms with Crippen LogP contribution in [0.25, 0.3) is 0 Å². The van der Waals surface area contributed by atoms with Crippen molar-refractivity contribution in [2.24, 2.45) is 5.73 Å². The molecule has 6 heteroatoms. The van der Waals surface area contributed by atoms with Crippen LogP contribution < -0.4 is 11.1 Å². The number of nitrogens with zero attached hydrogens (tertiary/aromatic N) is 1. The second-order valence-electron chi connectivity index (χ2n) is 6.22. The summed E-state index contributed by atoms with van der Waals surface area (Å²) in [6.45, 7) is 3.82. The van der Waals surface area contributed by atoms with E-state index in [1.165, 1.54) is 4.88 Å². The number of rotatable bonds is 7. The second kappa shape index (κ2) is 9.10. The summed E-state index contributed by atoms with van der Waals surface area (Å²) < 4.78 is 5.45. The Kier molecular flexibility index (Phi) is 6.58. The molecule has 25 heavy (non-hydrogen) atoms. The molecule has 0 spiro atoms. The van der Waals surface area contributed by atoms with E-state index in [0.29, 0.717) is 13.0 Å². The Morgan fingerprint density at radius 3 is 2.64 bits per heavy atom. The van der Waals surface area contributed by atoms with Gasteiger partial charge in [0.05, 0.1) is 25.3 Å². The summed E-state index contributed by atoms with van der Waals surface area (Å²) in [5.74, 6) is -0.0985. The average molecular weight is 359 g/mol. The third-order valence-corrected chi connectivity index (χ3v) is 5.44. The Bertz CT molecular complexity index is 642. The van der Waals surface area contributed by atoms with Crippen molar-refractivity contribution in [1.82, 2.24) is 10.2 Å². The fourth-order valence-electron chi connectivity index (χ4n) is 3.07. The zero-order valence-electron chi connectivity index (χ0n) is 14.3. The molecule has 1 aliphatic heterocycles. The van der Waals surface area contributed by atoms with Gasteiger partial charge in [0.25, 0.3) is 0 Å². The van der Waals surface area contributed by atoms with E-state index in [9.17, 15) is 4.79 Å². The van der Waals surface area contributed by atoms with Crippen molar-refractivity contribution in [3.8, 4) is 0 Å². The van der Waals surface area contributed by atoms with Gasteiger partial charge >= 0.3 is 0 Å². The minimum atomic E-state index is -0.531. The molecule has 1 aliphatic rings. The number of hydrogen-bond acceptors (Lipinski definition) is 5. The number of benzene rings is 1. The van der Waals surface area contributed by atoms with Gasteiger partial charge in [-0.1, -0.05) is 36.4 Å². The van der Waals surface area contributed by atoms with Gasteiger partial charge < -0.3 is 15.8 Å². The van der Waals surface area contributed by atoms with E-state index in [2.05, 4.69) is 27.7 Å². The van der Waals surface area contributed by atoms with Crippen molar-refractivity contribution in [3.63, 3.8) is 0 Å². The highest BCUT2D eigenvalue weighted by molar-refractivity contribution is 7.10. The van der Waals surface area contributed by atoms with Gasteiger partial charge in [-0.15, -0.1) is 11.3 Å². The molecule has 1 aromatic heterocycles. The molecule has 2 heterocycles. The van der Waals surface area contributed by atoms with Gasteiger partial charge in [-0.05, 0) is 23.4 Å². The van der Waals surface area contributed by atoms with Gasteiger partial charge in [-0.3, -0.25) is 9.69 Å². The fourth-order valence-corrected chi connectivity index (χ4v) is 3.93. The predicted molar refractivity (Wildman–Crippen MR) is 101 cm³/mol. The number of ether oxygens (including phenoxy) is 1. The number of hydrogen-bond donors (Lipinski definition) is 2. The van der Waals surface area contributed by atoms with Crippen molar-refractivity contribution in [2.75, 3.05) is 32.8 Å². The fraction of sp³-hybridized carbons (Fsp3) is 0.421. The lowest BCUT2D eigenvalue weighted by molar-refractivity contribution is -0.122. The zero-order chi connectivity index (χ0) is 17.5. The van der Waals surface area contributed by atoms with Crippen LogP contribution in [0.3, 0.4) is 0 Å². The maximum Gasteiger partial charge on any atom is 0.237 e. The Hall–Kier alpha value is -1.73. The van der Waals surface area contributed by atoms with Gasteiger partial charge in [0.15, 0.2) is 0 Å². The van der Waals surface area contributed by atoms with E-state index in [-0.39, 0.29) is 11.9 Å². The van der Waals surface area contributed by atoms with Crippen LogP contribution in [0, 0.1) is 0 Å². The molecule has 0 radical (unpaired) electrons. The molecule has 1 unspecified atom stereocenters. The van der Waals surface area contributed by atoms with E-state index < -0.39 is 6.04 Å². The molecule has 0 aliphatic carbocycles. The molecule has 1 saturated heterocycles. The maximum absolute atomic E-state index is 12.4. The lowest BCUT2D eigenvalue weighted by Gasteiger charge is -2.34. The summed E-state index contributed by atoms with van der Waals surface area (Å²) in [5, 5.41) is 5.12. The van der Waals surface area contributed by atoms with Crippen molar-refractivity contribution >= 4 is 17.2 Å². The molecule has 2 aromatic rings. The smallest absolute Gasteiger partial charge is 0.237 e. The van der Waals surface area contributed by atoms with Crippen LogP contribution in [0.1, 0.15) is 16.5 Å². The normalized spacial score (nSPS) is 17.8. The topological polar surface area (TPSA) is 67.6 Å². The number of morpholine rings is 1. The highest BCUT2D eigenvalue weighted by Crippen LogP contribution is 2.25. The zero-order valence-corrected chi connectivity index (χ0v) is 15.1. The largest absolute Gasteiger partial charge is 0.379 e. The molecule has 0 saturated carbocycles. The van der Waals surface area contributed by atoms with E-state index in [0.717, 1.165) is 31.9 Å². The Balaban J connectivity index is 1.57. The number of nitrogens with two attached hydrogens (primary N) is 1. The number of carbonyl (C=O) groups excluding carboxylic acids is 1. The lowest BCUT2D eigenvalue weighted by Crippen LogP contribution is -2.47. The van der Waals surface area contributed by atoms with Crippen LogP contribution in [-0.4, -0.2) is 49.7 Å². The van der Waals surface area contributed by atoms with Crippen LogP contribution in [0.15, 0.2) is 47.8 Å².